The van der Waals surface area contributed by atoms with Crippen LogP contribution >= 0.6 is 0 Å². The minimum atomic E-state index is -0.354. The molecule has 2 saturated heterocycles. The first kappa shape index (κ1) is 24.0. The van der Waals surface area contributed by atoms with E-state index in [9.17, 15) is 9.90 Å². The van der Waals surface area contributed by atoms with Crippen LogP contribution in [0.3, 0.4) is 0 Å². The fourth-order valence-corrected chi connectivity index (χ4v) is 5.44. The first-order valence-electron chi connectivity index (χ1n) is 12.8. The highest BCUT2D eigenvalue weighted by Crippen LogP contribution is 2.49. The average molecular weight is 481 g/mol. The molecule has 2 aliphatic heterocycles. The second kappa shape index (κ2) is 10.9. The summed E-state index contributed by atoms with van der Waals surface area (Å²) in [5.74, 6) is 4.18. The molecule has 1 aliphatic carbocycles. The molecule has 1 saturated carbocycles. The van der Waals surface area contributed by atoms with E-state index in [-0.39, 0.29) is 12.0 Å². The zero-order valence-corrected chi connectivity index (χ0v) is 20.5. The molecule has 35 heavy (non-hydrogen) atoms. The summed E-state index contributed by atoms with van der Waals surface area (Å²) >= 11 is 0. The summed E-state index contributed by atoms with van der Waals surface area (Å²) in [6, 6.07) is 7.84. The SMILES string of the molecule is COCc1cnc(N2CCC([C@@H]3C[C@@H]3CCOc3ccc(CC(=O)N4CC(O)C4)cc3)CC2)nc1. The van der Waals surface area contributed by atoms with Gasteiger partial charge < -0.3 is 24.4 Å². The Hall–Kier alpha value is -2.71. The summed E-state index contributed by atoms with van der Waals surface area (Å²) in [6.45, 7) is 4.26. The molecule has 2 atom stereocenters. The topological polar surface area (TPSA) is 88.0 Å². The number of hydrogen-bond acceptors (Lipinski definition) is 7. The maximum absolute atomic E-state index is 12.1. The van der Waals surface area contributed by atoms with Gasteiger partial charge in [-0.1, -0.05) is 12.1 Å². The van der Waals surface area contributed by atoms with Gasteiger partial charge in [-0.2, -0.15) is 0 Å². The molecular formula is C27H36N4O4. The maximum atomic E-state index is 12.1. The molecule has 1 amide bonds. The lowest BCUT2D eigenvalue weighted by molar-refractivity contribution is -0.140. The van der Waals surface area contributed by atoms with Crippen LogP contribution in [0.1, 0.15) is 36.8 Å². The zero-order chi connectivity index (χ0) is 24.2. The second-order valence-corrected chi connectivity index (χ2v) is 10.2. The largest absolute Gasteiger partial charge is 0.494 e. The van der Waals surface area contributed by atoms with Gasteiger partial charge in [-0.15, -0.1) is 0 Å². The maximum Gasteiger partial charge on any atom is 0.227 e. The van der Waals surface area contributed by atoms with E-state index >= 15 is 0 Å². The van der Waals surface area contributed by atoms with Crippen molar-refractivity contribution in [3.8, 4) is 5.75 Å². The third-order valence-corrected chi connectivity index (χ3v) is 7.66. The van der Waals surface area contributed by atoms with Crippen molar-refractivity contribution in [3.05, 3.63) is 47.8 Å². The number of carbonyl (C=O) groups is 1. The molecular weight excluding hydrogens is 444 g/mol. The minimum absolute atomic E-state index is 0.0714. The zero-order valence-electron chi connectivity index (χ0n) is 20.5. The van der Waals surface area contributed by atoms with Crippen molar-refractivity contribution in [1.29, 1.82) is 0 Å². The first-order valence-corrected chi connectivity index (χ1v) is 12.8. The molecule has 5 rings (SSSR count). The molecule has 0 radical (unpaired) electrons. The summed E-state index contributed by atoms with van der Waals surface area (Å²) in [4.78, 5) is 25.2. The summed E-state index contributed by atoms with van der Waals surface area (Å²) in [6.07, 6.45) is 8.59. The number of piperidine rings is 1. The number of amides is 1. The van der Waals surface area contributed by atoms with Crippen LogP contribution < -0.4 is 9.64 Å². The van der Waals surface area contributed by atoms with Crippen molar-refractivity contribution >= 4 is 11.9 Å². The van der Waals surface area contributed by atoms with Crippen molar-refractivity contribution in [2.45, 2.75) is 44.8 Å². The number of aliphatic hydroxyl groups excluding tert-OH is 1. The molecule has 8 heteroatoms. The van der Waals surface area contributed by atoms with E-state index in [0.717, 1.165) is 66.7 Å². The highest BCUT2D eigenvalue weighted by atomic mass is 16.5. The fraction of sp³-hybridized carbons (Fsp3) is 0.593. The van der Waals surface area contributed by atoms with Gasteiger partial charge in [0.2, 0.25) is 11.9 Å². The van der Waals surface area contributed by atoms with Gasteiger partial charge in [-0.05, 0) is 61.1 Å². The van der Waals surface area contributed by atoms with Crippen molar-refractivity contribution in [1.82, 2.24) is 14.9 Å². The number of hydrogen-bond donors (Lipinski definition) is 1. The standard InChI is InChI=1S/C27H36N4O4/c1-34-18-20-14-28-27(29-15-20)30-9-6-21(7-10-30)25-13-22(25)8-11-35-24-4-2-19(3-5-24)12-26(33)31-16-23(32)17-31/h2-5,14-15,21-23,25,32H,6-13,16-18H2,1H3/t22-,25-/m0/s1. The van der Waals surface area contributed by atoms with Crippen LogP contribution in [-0.4, -0.2) is 71.9 Å². The summed E-state index contributed by atoms with van der Waals surface area (Å²) < 4.78 is 11.1. The van der Waals surface area contributed by atoms with Crippen molar-refractivity contribution in [3.63, 3.8) is 0 Å². The van der Waals surface area contributed by atoms with Gasteiger partial charge in [-0.25, -0.2) is 9.97 Å². The summed E-state index contributed by atoms with van der Waals surface area (Å²) in [5, 5.41) is 9.34. The smallest absolute Gasteiger partial charge is 0.227 e. The predicted octanol–water partition coefficient (Wildman–Crippen LogP) is 2.69. The van der Waals surface area contributed by atoms with Gasteiger partial charge in [0.1, 0.15) is 5.75 Å². The second-order valence-electron chi connectivity index (χ2n) is 10.2. The Labute approximate surface area is 207 Å². The van der Waals surface area contributed by atoms with Crippen LogP contribution in [-0.2, 0) is 22.6 Å². The van der Waals surface area contributed by atoms with E-state index in [0.29, 0.717) is 26.1 Å². The van der Waals surface area contributed by atoms with Crippen LogP contribution in [0.25, 0.3) is 0 Å². The normalized spacial score (nSPS) is 22.7. The molecule has 0 spiro atoms. The Morgan fingerprint density at radius 2 is 1.80 bits per heavy atom. The van der Waals surface area contributed by atoms with Gasteiger partial charge in [-0.3, -0.25) is 4.79 Å². The molecule has 1 aromatic heterocycles. The van der Waals surface area contributed by atoms with Crippen LogP contribution in [0, 0.1) is 17.8 Å². The third kappa shape index (κ3) is 6.11. The number of benzene rings is 1. The van der Waals surface area contributed by atoms with E-state index in [1.165, 1.54) is 19.3 Å². The lowest BCUT2D eigenvalue weighted by atomic mass is 9.90. The Kier molecular flexibility index (Phi) is 7.48. The number of aliphatic hydroxyl groups is 1. The van der Waals surface area contributed by atoms with Crippen LogP contribution in [0.2, 0.25) is 0 Å². The molecule has 8 nitrogen and oxygen atoms in total. The Balaban J connectivity index is 0.983. The molecule has 3 heterocycles. The predicted molar refractivity (Wildman–Crippen MR) is 132 cm³/mol. The van der Waals surface area contributed by atoms with Gasteiger partial charge in [0.15, 0.2) is 0 Å². The monoisotopic (exact) mass is 480 g/mol. The first-order chi connectivity index (χ1) is 17.1. The Morgan fingerprint density at radius 3 is 2.46 bits per heavy atom. The highest BCUT2D eigenvalue weighted by Gasteiger charge is 2.43. The Morgan fingerprint density at radius 1 is 1.09 bits per heavy atom. The molecule has 3 aliphatic rings. The van der Waals surface area contributed by atoms with Crippen LogP contribution in [0.4, 0.5) is 5.95 Å². The van der Waals surface area contributed by atoms with Gasteiger partial charge in [0, 0.05) is 51.2 Å². The molecule has 0 bridgehead atoms. The lowest BCUT2D eigenvalue weighted by Crippen LogP contribution is -2.53. The molecule has 0 unspecified atom stereocenters. The Bertz CT molecular complexity index is 970. The molecule has 3 fully saturated rings. The lowest BCUT2D eigenvalue weighted by Gasteiger charge is -2.35. The molecule has 188 valence electrons. The number of ether oxygens (including phenoxy) is 2. The number of nitrogens with zero attached hydrogens (tertiary/aromatic N) is 4. The van der Waals surface area contributed by atoms with Gasteiger partial charge in [0.05, 0.1) is 25.7 Å². The number of β-amino-alcohol motifs (C(OH)–C–C–N with tert-alkyl or cyclic N) is 1. The number of rotatable bonds is 10. The number of carbonyl (C=O) groups excluding carboxylic acids is 1. The van der Waals surface area contributed by atoms with E-state index in [1.807, 2.05) is 36.7 Å². The van der Waals surface area contributed by atoms with Crippen molar-refractivity contribution < 1.29 is 19.4 Å². The van der Waals surface area contributed by atoms with Crippen molar-refractivity contribution in [2.24, 2.45) is 17.8 Å². The van der Waals surface area contributed by atoms with Crippen LogP contribution in [0.15, 0.2) is 36.7 Å². The quantitative estimate of drug-likeness (QED) is 0.559. The number of anilines is 1. The van der Waals surface area contributed by atoms with Gasteiger partial charge >= 0.3 is 0 Å². The third-order valence-electron chi connectivity index (χ3n) is 7.66. The molecule has 1 aromatic carbocycles. The minimum Gasteiger partial charge on any atom is -0.494 e. The molecule has 2 aromatic rings. The average Bonchev–Trinajstić information content (AvgIpc) is 3.63. The van der Waals surface area contributed by atoms with Gasteiger partial charge in [0.25, 0.3) is 0 Å². The summed E-state index contributed by atoms with van der Waals surface area (Å²) in [7, 11) is 1.68. The van der Waals surface area contributed by atoms with E-state index in [4.69, 9.17) is 9.47 Å². The number of likely N-dealkylation sites (tertiary alicyclic amines) is 1. The summed E-state index contributed by atoms with van der Waals surface area (Å²) in [5.41, 5.74) is 1.98. The highest BCUT2D eigenvalue weighted by molar-refractivity contribution is 5.79. The number of methoxy groups -OCH3 is 1. The van der Waals surface area contributed by atoms with Crippen LogP contribution in [0.5, 0.6) is 5.75 Å². The van der Waals surface area contributed by atoms with E-state index in [2.05, 4.69) is 14.9 Å². The van der Waals surface area contributed by atoms with Crippen molar-refractivity contribution in [2.75, 3.05) is 44.8 Å². The molecule has 1 N–H and O–H groups in total. The number of aromatic nitrogens is 2. The van der Waals surface area contributed by atoms with E-state index < -0.39 is 0 Å². The van der Waals surface area contributed by atoms with E-state index in [1.54, 1.807) is 12.0 Å². The fourth-order valence-electron chi connectivity index (χ4n) is 5.44.